The van der Waals surface area contributed by atoms with E-state index in [1.54, 1.807) is 0 Å². The molecule has 1 aromatic carbocycles. The molecule has 0 saturated heterocycles. The SMILES string of the molecule is BrCCCCCCCCCOc1cccc(OCCCCCCCCCBr)c1OCCCCCCCCCBr. The van der Waals surface area contributed by atoms with Gasteiger partial charge in [0.2, 0.25) is 5.75 Å². The molecule has 0 amide bonds. The topological polar surface area (TPSA) is 27.7 Å². The Morgan fingerprint density at radius 3 is 0.974 bits per heavy atom. The molecule has 0 atom stereocenters. The van der Waals surface area contributed by atoms with E-state index in [1.165, 1.54) is 116 Å². The highest BCUT2D eigenvalue weighted by molar-refractivity contribution is 9.09. The summed E-state index contributed by atoms with van der Waals surface area (Å²) in [4.78, 5) is 0. The van der Waals surface area contributed by atoms with Crippen LogP contribution in [0.2, 0.25) is 0 Å². The van der Waals surface area contributed by atoms with E-state index in [1.807, 2.05) is 18.2 Å². The Balaban J connectivity index is 2.44. The molecule has 0 aliphatic heterocycles. The van der Waals surface area contributed by atoms with Gasteiger partial charge >= 0.3 is 0 Å². The molecule has 3 nitrogen and oxygen atoms in total. The molecule has 39 heavy (non-hydrogen) atoms. The van der Waals surface area contributed by atoms with E-state index in [0.29, 0.717) is 0 Å². The Bertz CT molecular complexity index is 604. The number of halogens is 3. The summed E-state index contributed by atoms with van der Waals surface area (Å²) in [5, 5.41) is 3.38. The Hall–Kier alpha value is 0.0600. The number of hydrogen-bond donors (Lipinski definition) is 0. The molecule has 1 rings (SSSR count). The molecule has 0 radical (unpaired) electrons. The zero-order chi connectivity index (χ0) is 28.1. The quantitative estimate of drug-likeness (QED) is 0.0580. The van der Waals surface area contributed by atoms with E-state index in [4.69, 9.17) is 14.2 Å². The van der Waals surface area contributed by atoms with Gasteiger partial charge in [-0.25, -0.2) is 0 Å². The lowest BCUT2D eigenvalue weighted by Gasteiger charge is -2.17. The van der Waals surface area contributed by atoms with E-state index in [0.717, 1.165) is 72.3 Å². The summed E-state index contributed by atoms with van der Waals surface area (Å²) in [6, 6.07) is 6.12. The molecule has 0 aliphatic carbocycles. The van der Waals surface area contributed by atoms with Gasteiger partial charge in [-0.15, -0.1) is 0 Å². The van der Waals surface area contributed by atoms with Gasteiger partial charge in [0.05, 0.1) is 19.8 Å². The third-order valence-corrected chi connectivity index (χ3v) is 8.72. The molecular formula is C33H57Br3O3. The Morgan fingerprint density at radius 2 is 0.641 bits per heavy atom. The van der Waals surface area contributed by atoms with Gasteiger partial charge in [0, 0.05) is 16.0 Å². The molecule has 0 aliphatic rings. The van der Waals surface area contributed by atoms with E-state index in [2.05, 4.69) is 47.8 Å². The van der Waals surface area contributed by atoms with Gasteiger partial charge in [-0.2, -0.15) is 0 Å². The molecule has 0 aromatic heterocycles. The van der Waals surface area contributed by atoms with Crippen LogP contribution in [0.5, 0.6) is 17.2 Å². The van der Waals surface area contributed by atoms with Crippen LogP contribution < -0.4 is 14.2 Å². The minimum atomic E-state index is 0.723. The van der Waals surface area contributed by atoms with Crippen molar-refractivity contribution in [3.05, 3.63) is 18.2 Å². The summed E-state index contributed by atoms with van der Waals surface area (Å²) >= 11 is 10.6. The normalized spacial score (nSPS) is 11.2. The van der Waals surface area contributed by atoms with Crippen molar-refractivity contribution < 1.29 is 14.2 Å². The van der Waals surface area contributed by atoms with Gasteiger partial charge in [-0.3, -0.25) is 0 Å². The summed E-state index contributed by atoms with van der Waals surface area (Å²) in [7, 11) is 0. The monoisotopic (exact) mass is 738 g/mol. The number of rotatable bonds is 30. The van der Waals surface area contributed by atoms with Crippen LogP contribution >= 0.6 is 47.8 Å². The largest absolute Gasteiger partial charge is 0.490 e. The molecular weight excluding hydrogens is 684 g/mol. The Labute approximate surface area is 266 Å². The molecule has 228 valence electrons. The predicted molar refractivity (Wildman–Crippen MR) is 181 cm³/mol. The number of para-hydroxylation sites is 1. The first-order chi connectivity index (χ1) is 19.3. The third-order valence-electron chi connectivity index (χ3n) is 7.04. The minimum absolute atomic E-state index is 0.723. The van der Waals surface area contributed by atoms with Crippen molar-refractivity contribution in [2.75, 3.05) is 35.8 Å². The summed E-state index contributed by atoms with van der Waals surface area (Å²) in [5.74, 6) is 2.48. The molecule has 1 aromatic rings. The van der Waals surface area contributed by atoms with Gasteiger partial charge in [0.25, 0.3) is 0 Å². The summed E-state index contributed by atoms with van der Waals surface area (Å²) in [6.07, 6.45) is 26.7. The van der Waals surface area contributed by atoms with Crippen molar-refractivity contribution in [2.24, 2.45) is 0 Å². The summed E-state index contributed by atoms with van der Waals surface area (Å²) in [5.41, 5.74) is 0. The van der Waals surface area contributed by atoms with Gasteiger partial charge < -0.3 is 14.2 Å². The lowest BCUT2D eigenvalue weighted by Crippen LogP contribution is -2.06. The maximum absolute atomic E-state index is 6.32. The molecule has 0 bridgehead atoms. The van der Waals surface area contributed by atoms with E-state index in [9.17, 15) is 0 Å². The highest BCUT2D eigenvalue weighted by Gasteiger charge is 2.13. The van der Waals surface area contributed by atoms with Crippen LogP contribution in [-0.4, -0.2) is 35.8 Å². The maximum atomic E-state index is 6.32. The van der Waals surface area contributed by atoms with Gasteiger partial charge in [-0.1, -0.05) is 150 Å². The van der Waals surface area contributed by atoms with Gasteiger partial charge in [-0.05, 0) is 50.7 Å². The standard InChI is InChI=1S/C33H57Br3O3/c34-25-16-10-4-1-7-13-19-28-37-31-23-22-24-32(38-29-20-14-8-2-5-11-17-26-35)33(31)39-30-21-15-9-3-6-12-18-27-36/h22-24H,1-21,25-30H2. The van der Waals surface area contributed by atoms with E-state index < -0.39 is 0 Å². The van der Waals surface area contributed by atoms with Crippen molar-refractivity contribution in [1.29, 1.82) is 0 Å². The second-order valence-electron chi connectivity index (χ2n) is 10.6. The van der Waals surface area contributed by atoms with Gasteiger partial charge in [0.15, 0.2) is 11.5 Å². The first kappa shape index (κ1) is 37.1. The number of alkyl halides is 3. The van der Waals surface area contributed by atoms with Crippen LogP contribution in [-0.2, 0) is 0 Å². The minimum Gasteiger partial charge on any atom is -0.490 e. The fourth-order valence-electron chi connectivity index (χ4n) is 4.65. The smallest absolute Gasteiger partial charge is 0.203 e. The number of benzene rings is 1. The highest BCUT2D eigenvalue weighted by atomic mass is 79.9. The molecule has 0 saturated carbocycles. The molecule has 0 heterocycles. The Morgan fingerprint density at radius 1 is 0.359 bits per heavy atom. The first-order valence-electron chi connectivity index (χ1n) is 16.0. The summed E-state index contributed by atoms with van der Waals surface area (Å²) in [6.45, 7) is 2.20. The second-order valence-corrected chi connectivity index (χ2v) is 13.0. The van der Waals surface area contributed by atoms with Crippen molar-refractivity contribution >= 4 is 47.8 Å². The zero-order valence-corrected chi connectivity index (χ0v) is 29.4. The van der Waals surface area contributed by atoms with Crippen molar-refractivity contribution in [3.8, 4) is 17.2 Å². The maximum Gasteiger partial charge on any atom is 0.203 e. The first-order valence-corrected chi connectivity index (χ1v) is 19.4. The molecule has 6 heteroatoms. The lowest BCUT2D eigenvalue weighted by atomic mass is 10.1. The third kappa shape index (κ3) is 22.3. The van der Waals surface area contributed by atoms with E-state index >= 15 is 0 Å². The second kappa shape index (κ2) is 29.5. The number of hydrogen-bond acceptors (Lipinski definition) is 3. The predicted octanol–water partition coefficient (Wildman–Crippen LogP) is 12.2. The van der Waals surface area contributed by atoms with Crippen LogP contribution in [0.1, 0.15) is 135 Å². The van der Waals surface area contributed by atoms with Crippen molar-refractivity contribution in [3.63, 3.8) is 0 Å². The van der Waals surface area contributed by atoms with E-state index in [-0.39, 0.29) is 0 Å². The number of unbranched alkanes of at least 4 members (excludes halogenated alkanes) is 18. The van der Waals surface area contributed by atoms with Crippen LogP contribution in [0, 0.1) is 0 Å². The van der Waals surface area contributed by atoms with Crippen LogP contribution in [0.25, 0.3) is 0 Å². The van der Waals surface area contributed by atoms with Crippen LogP contribution in [0.3, 0.4) is 0 Å². The zero-order valence-electron chi connectivity index (χ0n) is 24.7. The van der Waals surface area contributed by atoms with Crippen molar-refractivity contribution in [2.45, 2.75) is 135 Å². The molecule has 0 unspecified atom stereocenters. The summed E-state index contributed by atoms with van der Waals surface area (Å²) < 4.78 is 18.8. The Kier molecular flexibility index (Phi) is 28.1. The van der Waals surface area contributed by atoms with Crippen LogP contribution in [0.15, 0.2) is 18.2 Å². The van der Waals surface area contributed by atoms with Gasteiger partial charge in [0.1, 0.15) is 0 Å². The molecule has 0 spiro atoms. The fraction of sp³-hybridized carbons (Fsp3) is 0.818. The average Bonchev–Trinajstić information content (AvgIpc) is 2.95. The highest BCUT2D eigenvalue weighted by Crippen LogP contribution is 2.38. The molecule has 0 N–H and O–H groups in total. The fourth-order valence-corrected chi connectivity index (χ4v) is 5.83. The number of ether oxygens (including phenoxy) is 3. The average molecular weight is 742 g/mol. The van der Waals surface area contributed by atoms with Crippen molar-refractivity contribution in [1.82, 2.24) is 0 Å². The lowest BCUT2D eigenvalue weighted by molar-refractivity contribution is 0.234. The molecule has 0 fully saturated rings. The van der Waals surface area contributed by atoms with Crippen LogP contribution in [0.4, 0.5) is 0 Å².